The van der Waals surface area contributed by atoms with Crippen LogP contribution in [-0.2, 0) is 4.79 Å². The molecule has 4 heteroatoms. The molecule has 2 aromatic carbocycles. The Morgan fingerprint density at radius 3 is 2.60 bits per heavy atom. The Balaban J connectivity index is 1.96. The highest BCUT2D eigenvalue weighted by Crippen LogP contribution is 2.22. The van der Waals surface area contributed by atoms with E-state index in [2.05, 4.69) is 28.3 Å². The summed E-state index contributed by atoms with van der Waals surface area (Å²) >= 11 is 0. The van der Waals surface area contributed by atoms with Crippen LogP contribution >= 0.6 is 0 Å². The lowest BCUT2D eigenvalue weighted by atomic mass is 10.2. The molecule has 0 saturated heterocycles. The molecule has 0 saturated carbocycles. The molecule has 0 unspecified atom stereocenters. The number of carbonyl (C=O) groups is 1. The highest BCUT2D eigenvalue weighted by Gasteiger charge is 2.05. The van der Waals surface area contributed by atoms with Crippen molar-refractivity contribution in [3.63, 3.8) is 0 Å². The van der Waals surface area contributed by atoms with Gasteiger partial charge in [-0.2, -0.15) is 0 Å². The van der Waals surface area contributed by atoms with Gasteiger partial charge >= 0.3 is 0 Å². The third-order valence-electron chi connectivity index (χ3n) is 3.12. The molecule has 1 heterocycles. The largest absolute Gasteiger partial charge is 0.338 e. The first-order chi connectivity index (χ1) is 9.61. The van der Waals surface area contributed by atoms with E-state index in [9.17, 15) is 4.79 Å². The van der Waals surface area contributed by atoms with Gasteiger partial charge in [0.25, 0.3) is 0 Å². The third-order valence-corrected chi connectivity index (χ3v) is 3.12. The number of amides is 1. The van der Waals surface area contributed by atoms with Crippen LogP contribution in [-0.4, -0.2) is 15.9 Å². The molecule has 0 fully saturated rings. The zero-order valence-electron chi connectivity index (χ0n) is 11.4. The number of anilines is 1. The molecule has 1 amide bonds. The minimum absolute atomic E-state index is 0.0723. The maximum Gasteiger partial charge on any atom is 0.221 e. The number of fused-ring (bicyclic) bond motifs is 1. The summed E-state index contributed by atoms with van der Waals surface area (Å²) in [6.07, 6.45) is 0. The fourth-order valence-corrected chi connectivity index (χ4v) is 2.17. The van der Waals surface area contributed by atoms with Gasteiger partial charge in [-0.05, 0) is 48.9 Å². The summed E-state index contributed by atoms with van der Waals surface area (Å²) in [4.78, 5) is 18.9. The number of carbonyl (C=O) groups excluding carboxylic acids is 1. The zero-order chi connectivity index (χ0) is 14.1. The molecule has 0 radical (unpaired) electrons. The van der Waals surface area contributed by atoms with Gasteiger partial charge in [-0.25, -0.2) is 4.98 Å². The second-order valence-corrected chi connectivity index (χ2v) is 4.86. The number of rotatable bonds is 2. The van der Waals surface area contributed by atoms with E-state index in [4.69, 9.17) is 0 Å². The van der Waals surface area contributed by atoms with Gasteiger partial charge in [-0.15, -0.1) is 0 Å². The fraction of sp³-hybridized carbons (Fsp3) is 0.125. The van der Waals surface area contributed by atoms with Crippen LogP contribution in [0.4, 0.5) is 5.69 Å². The van der Waals surface area contributed by atoms with Crippen LogP contribution in [0.3, 0.4) is 0 Å². The predicted octanol–water partition coefficient (Wildman–Crippen LogP) is 3.50. The molecular formula is C16H15N3O. The molecule has 0 aliphatic carbocycles. The van der Waals surface area contributed by atoms with Crippen molar-refractivity contribution in [1.29, 1.82) is 0 Å². The van der Waals surface area contributed by atoms with Crippen LogP contribution in [0.5, 0.6) is 0 Å². The van der Waals surface area contributed by atoms with E-state index < -0.39 is 0 Å². The first-order valence-corrected chi connectivity index (χ1v) is 6.46. The van der Waals surface area contributed by atoms with Crippen molar-refractivity contribution in [2.45, 2.75) is 13.8 Å². The maximum atomic E-state index is 11.0. The normalized spacial score (nSPS) is 10.7. The van der Waals surface area contributed by atoms with E-state index >= 15 is 0 Å². The summed E-state index contributed by atoms with van der Waals surface area (Å²) in [6.45, 7) is 3.55. The fourth-order valence-electron chi connectivity index (χ4n) is 2.17. The molecule has 0 aliphatic heterocycles. The van der Waals surface area contributed by atoms with Crippen LogP contribution < -0.4 is 5.32 Å². The van der Waals surface area contributed by atoms with Crippen LogP contribution in [0.15, 0.2) is 42.5 Å². The summed E-state index contributed by atoms with van der Waals surface area (Å²) in [7, 11) is 0. The molecule has 4 nitrogen and oxygen atoms in total. The van der Waals surface area contributed by atoms with Crippen LogP contribution in [0, 0.1) is 6.92 Å². The van der Waals surface area contributed by atoms with E-state index in [0.29, 0.717) is 0 Å². The van der Waals surface area contributed by atoms with Crippen molar-refractivity contribution in [3.8, 4) is 11.4 Å². The van der Waals surface area contributed by atoms with Crippen molar-refractivity contribution in [2.75, 3.05) is 5.32 Å². The van der Waals surface area contributed by atoms with E-state index in [-0.39, 0.29) is 5.91 Å². The molecule has 0 aliphatic rings. The second-order valence-electron chi connectivity index (χ2n) is 4.86. The van der Waals surface area contributed by atoms with Crippen molar-refractivity contribution >= 4 is 22.6 Å². The Hall–Kier alpha value is -2.62. The Bertz CT molecular complexity index is 772. The van der Waals surface area contributed by atoms with Crippen LogP contribution in [0.25, 0.3) is 22.4 Å². The monoisotopic (exact) mass is 265 g/mol. The number of nitrogens with zero attached hydrogens (tertiary/aromatic N) is 1. The van der Waals surface area contributed by atoms with Crippen molar-refractivity contribution in [1.82, 2.24) is 9.97 Å². The quantitative estimate of drug-likeness (QED) is 0.745. The van der Waals surface area contributed by atoms with Crippen molar-refractivity contribution < 1.29 is 4.79 Å². The topological polar surface area (TPSA) is 57.8 Å². The molecular weight excluding hydrogens is 250 g/mol. The average Bonchev–Trinajstić information content (AvgIpc) is 2.81. The molecule has 0 atom stereocenters. The predicted molar refractivity (Wildman–Crippen MR) is 80.6 cm³/mol. The van der Waals surface area contributed by atoms with Gasteiger partial charge in [0, 0.05) is 18.2 Å². The molecule has 1 aromatic heterocycles. The number of hydrogen-bond donors (Lipinski definition) is 2. The number of aryl methyl sites for hydroxylation is 1. The first kappa shape index (κ1) is 12.4. The highest BCUT2D eigenvalue weighted by molar-refractivity contribution is 5.89. The number of benzene rings is 2. The Labute approximate surface area is 116 Å². The van der Waals surface area contributed by atoms with Crippen molar-refractivity contribution in [2.24, 2.45) is 0 Å². The van der Waals surface area contributed by atoms with Crippen LogP contribution in [0.1, 0.15) is 12.5 Å². The van der Waals surface area contributed by atoms with Gasteiger partial charge in [0.1, 0.15) is 5.82 Å². The van der Waals surface area contributed by atoms with Gasteiger partial charge in [0.2, 0.25) is 5.91 Å². The van der Waals surface area contributed by atoms with E-state index in [1.54, 1.807) is 0 Å². The third kappa shape index (κ3) is 2.40. The Kier molecular flexibility index (Phi) is 2.99. The summed E-state index contributed by atoms with van der Waals surface area (Å²) in [5, 5.41) is 2.75. The van der Waals surface area contributed by atoms with E-state index in [0.717, 1.165) is 28.1 Å². The highest BCUT2D eigenvalue weighted by atomic mass is 16.1. The molecule has 0 spiro atoms. The summed E-state index contributed by atoms with van der Waals surface area (Å²) < 4.78 is 0. The summed E-state index contributed by atoms with van der Waals surface area (Å²) in [5.74, 6) is 0.761. The van der Waals surface area contributed by atoms with Gasteiger partial charge in [-0.1, -0.05) is 6.07 Å². The van der Waals surface area contributed by atoms with E-state index in [1.807, 2.05) is 36.4 Å². The van der Waals surface area contributed by atoms with Crippen molar-refractivity contribution in [3.05, 3.63) is 48.0 Å². The minimum atomic E-state index is -0.0723. The number of aromatic amines is 1. The number of imidazole rings is 1. The Morgan fingerprint density at radius 2 is 1.90 bits per heavy atom. The summed E-state index contributed by atoms with van der Waals surface area (Å²) in [5.41, 5.74) is 4.97. The van der Waals surface area contributed by atoms with Gasteiger partial charge in [0.15, 0.2) is 0 Å². The first-order valence-electron chi connectivity index (χ1n) is 6.46. The minimum Gasteiger partial charge on any atom is -0.338 e. The number of hydrogen-bond acceptors (Lipinski definition) is 2. The zero-order valence-corrected chi connectivity index (χ0v) is 11.4. The lowest BCUT2D eigenvalue weighted by Gasteiger charge is -2.02. The smallest absolute Gasteiger partial charge is 0.221 e. The van der Waals surface area contributed by atoms with Gasteiger partial charge < -0.3 is 10.3 Å². The average molecular weight is 265 g/mol. The lowest BCUT2D eigenvalue weighted by Crippen LogP contribution is -2.05. The molecule has 100 valence electrons. The van der Waals surface area contributed by atoms with Gasteiger partial charge in [0.05, 0.1) is 11.0 Å². The molecule has 20 heavy (non-hydrogen) atoms. The molecule has 0 bridgehead atoms. The number of nitrogens with one attached hydrogen (secondary N) is 2. The second kappa shape index (κ2) is 4.81. The Morgan fingerprint density at radius 1 is 1.15 bits per heavy atom. The summed E-state index contributed by atoms with van der Waals surface area (Å²) in [6, 6.07) is 13.8. The van der Waals surface area contributed by atoms with E-state index in [1.165, 1.54) is 12.5 Å². The number of aromatic nitrogens is 2. The maximum absolute atomic E-state index is 11.0. The standard InChI is InChI=1S/C16H15N3O/c1-10-3-8-14-15(9-10)19-16(18-14)12-4-6-13(7-5-12)17-11(2)20/h3-9H,1-2H3,(H,17,20)(H,18,19). The molecule has 3 aromatic rings. The van der Waals surface area contributed by atoms with Gasteiger partial charge in [-0.3, -0.25) is 4.79 Å². The SMILES string of the molecule is CC(=O)Nc1ccc(-c2nc3ccc(C)cc3[nH]2)cc1. The van der Waals surface area contributed by atoms with Crippen LogP contribution in [0.2, 0.25) is 0 Å². The lowest BCUT2D eigenvalue weighted by molar-refractivity contribution is -0.114. The molecule has 2 N–H and O–H groups in total. The molecule has 3 rings (SSSR count). The number of H-pyrrole nitrogens is 1.